The van der Waals surface area contributed by atoms with Crippen LogP contribution in [0.2, 0.25) is 0 Å². The predicted octanol–water partition coefficient (Wildman–Crippen LogP) is 3.73. The minimum absolute atomic E-state index is 0.0436. The summed E-state index contributed by atoms with van der Waals surface area (Å²) in [5, 5.41) is 3.03. The molecule has 1 amide bonds. The number of carbonyl (C=O) groups excluding carboxylic acids is 1. The second-order valence-electron chi connectivity index (χ2n) is 8.43. The first-order chi connectivity index (χ1) is 13.4. The van der Waals surface area contributed by atoms with Gasteiger partial charge < -0.3 is 14.6 Å². The minimum Gasteiger partial charge on any atom is -0.375 e. The fourth-order valence-electron chi connectivity index (χ4n) is 4.52. The summed E-state index contributed by atoms with van der Waals surface area (Å²) in [6.07, 6.45) is 4.47. The van der Waals surface area contributed by atoms with Crippen LogP contribution in [0.15, 0.2) is 35.9 Å². The molecule has 28 heavy (non-hydrogen) atoms. The summed E-state index contributed by atoms with van der Waals surface area (Å²) in [6, 6.07) is 8.32. The number of amides is 1. The van der Waals surface area contributed by atoms with Crippen LogP contribution in [-0.4, -0.2) is 35.7 Å². The number of hydrogen-bond donors (Lipinski definition) is 1. The van der Waals surface area contributed by atoms with Crippen LogP contribution in [0.4, 0.5) is 0 Å². The number of benzene rings is 1. The van der Waals surface area contributed by atoms with Crippen LogP contribution in [-0.2, 0) is 23.0 Å². The lowest BCUT2D eigenvalue weighted by Crippen LogP contribution is -2.38. The number of nitrogens with one attached hydrogen (secondary N) is 1. The molecule has 0 bridgehead atoms. The molecule has 3 atom stereocenters. The number of nitrogens with zero attached hydrogens (tertiary/aromatic N) is 2. The first-order valence-electron chi connectivity index (χ1n) is 10.2. The number of methoxy groups -OCH3 is 1. The molecule has 0 saturated heterocycles. The Morgan fingerprint density at radius 1 is 1.36 bits per heavy atom. The van der Waals surface area contributed by atoms with E-state index >= 15 is 0 Å². The van der Waals surface area contributed by atoms with Gasteiger partial charge in [-0.15, -0.1) is 0 Å². The zero-order valence-corrected chi connectivity index (χ0v) is 17.7. The number of allylic oxidation sites excluding steroid dienone is 1. The van der Waals surface area contributed by atoms with E-state index in [1.54, 1.807) is 7.11 Å². The third kappa shape index (κ3) is 4.46. The monoisotopic (exact) mass is 383 g/mol. The zero-order chi connectivity index (χ0) is 20.3. The number of carbonyl (C=O) groups is 1. The molecule has 2 aromatic rings. The van der Waals surface area contributed by atoms with Crippen molar-refractivity contribution in [2.24, 2.45) is 30.7 Å². The van der Waals surface area contributed by atoms with Crippen molar-refractivity contribution in [3.05, 3.63) is 41.7 Å². The van der Waals surface area contributed by atoms with Gasteiger partial charge >= 0.3 is 0 Å². The maximum absolute atomic E-state index is 11.8. The van der Waals surface area contributed by atoms with Crippen molar-refractivity contribution in [3.8, 4) is 0 Å². The van der Waals surface area contributed by atoms with E-state index in [2.05, 4.69) is 62.0 Å². The normalized spacial score (nSPS) is 22.5. The van der Waals surface area contributed by atoms with E-state index in [0.29, 0.717) is 30.2 Å². The molecule has 1 aromatic carbocycles. The quantitative estimate of drug-likeness (QED) is 0.741. The van der Waals surface area contributed by atoms with E-state index < -0.39 is 0 Å². The van der Waals surface area contributed by atoms with Crippen LogP contribution in [0.25, 0.3) is 11.0 Å². The highest BCUT2D eigenvalue weighted by Gasteiger charge is 2.32. The highest BCUT2D eigenvalue weighted by molar-refractivity contribution is 5.77. The molecule has 152 valence electrons. The van der Waals surface area contributed by atoms with Crippen molar-refractivity contribution < 1.29 is 9.53 Å². The maximum Gasteiger partial charge on any atom is 0.246 e. The summed E-state index contributed by atoms with van der Waals surface area (Å²) in [5.74, 6) is 3.08. The number of aryl methyl sites for hydroxylation is 1. The Morgan fingerprint density at radius 3 is 2.79 bits per heavy atom. The Hall–Kier alpha value is -2.14. The predicted molar refractivity (Wildman–Crippen MR) is 113 cm³/mol. The second kappa shape index (κ2) is 8.91. The lowest BCUT2D eigenvalue weighted by atomic mass is 9.69. The molecule has 0 spiro atoms. The van der Waals surface area contributed by atoms with Gasteiger partial charge in [0.25, 0.3) is 0 Å². The molecule has 1 heterocycles. The maximum atomic E-state index is 11.8. The van der Waals surface area contributed by atoms with Gasteiger partial charge in [-0.2, -0.15) is 0 Å². The van der Waals surface area contributed by atoms with Crippen LogP contribution in [0, 0.1) is 23.7 Å². The summed E-state index contributed by atoms with van der Waals surface area (Å²) in [7, 11) is 3.66. The Morgan fingerprint density at radius 2 is 2.11 bits per heavy atom. The third-order valence-electron chi connectivity index (χ3n) is 6.20. The van der Waals surface area contributed by atoms with Gasteiger partial charge in [0.05, 0.1) is 11.0 Å². The number of fused-ring (bicyclic) bond motifs is 1. The SMILES string of the molecule is COCC(=O)NC[C@@H]1C=C(C)[C@H](Cc2nc3ccccc3n2C)C[C@H]1C(C)C. The van der Waals surface area contributed by atoms with Crippen molar-refractivity contribution in [2.75, 3.05) is 20.3 Å². The number of rotatable bonds is 7. The Labute approximate surface area is 168 Å². The third-order valence-corrected chi connectivity index (χ3v) is 6.20. The smallest absolute Gasteiger partial charge is 0.246 e. The van der Waals surface area contributed by atoms with Crippen LogP contribution in [0.5, 0.6) is 0 Å². The van der Waals surface area contributed by atoms with Gasteiger partial charge in [-0.3, -0.25) is 4.79 Å². The van der Waals surface area contributed by atoms with Crippen molar-refractivity contribution in [3.63, 3.8) is 0 Å². The van der Waals surface area contributed by atoms with E-state index in [0.717, 1.165) is 24.2 Å². The van der Waals surface area contributed by atoms with Crippen LogP contribution < -0.4 is 5.32 Å². The largest absolute Gasteiger partial charge is 0.375 e. The number of imidazole rings is 1. The molecular weight excluding hydrogens is 350 g/mol. The number of aromatic nitrogens is 2. The van der Waals surface area contributed by atoms with E-state index in [-0.39, 0.29) is 12.5 Å². The van der Waals surface area contributed by atoms with Gasteiger partial charge in [-0.05, 0) is 49.1 Å². The van der Waals surface area contributed by atoms with Crippen molar-refractivity contribution in [1.29, 1.82) is 0 Å². The van der Waals surface area contributed by atoms with Gasteiger partial charge in [0, 0.05) is 27.1 Å². The van der Waals surface area contributed by atoms with Gasteiger partial charge in [-0.25, -0.2) is 4.98 Å². The molecule has 1 N–H and O–H groups in total. The molecule has 0 unspecified atom stereocenters. The first-order valence-corrected chi connectivity index (χ1v) is 10.2. The van der Waals surface area contributed by atoms with Crippen LogP contribution >= 0.6 is 0 Å². The molecule has 5 nitrogen and oxygen atoms in total. The Bertz CT molecular complexity index is 853. The fraction of sp³-hybridized carbons (Fsp3) is 0.565. The topological polar surface area (TPSA) is 56.1 Å². The highest BCUT2D eigenvalue weighted by atomic mass is 16.5. The van der Waals surface area contributed by atoms with Crippen LogP contribution in [0.1, 0.15) is 33.0 Å². The zero-order valence-electron chi connectivity index (χ0n) is 17.7. The first kappa shape index (κ1) is 20.6. The minimum atomic E-state index is -0.0436. The summed E-state index contributed by atoms with van der Waals surface area (Å²) in [6.45, 7) is 7.61. The van der Waals surface area contributed by atoms with E-state index in [1.165, 1.54) is 11.1 Å². The second-order valence-corrected chi connectivity index (χ2v) is 8.43. The lowest BCUT2D eigenvalue weighted by Gasteiger charge is -2.37. The average molecular weight is 384 g/mol. The van der Waals surface area contributed by atoms with E-state index in [9.17, 15) is 4.79 Å². The van der Waals surface area contributed by atoms with Gasteiger partial charge in [0.2, 0.25) is 5.91 Å². The summed E-state index contributed by atoms with van der Waals surface area (Å²) < 4.78 is 7.15. The van der Waals surface area contributed by atoms with Gasteiger partial charge in [-0.1, -0.05) is 37.6 Å². The average Bonchev–Trinajstić information content (AvgIpc) is 2.98. The summed E-state index contributed by atoms with van der Waals surface area (Å²) in [5.41, 5.74) is 3.67. The Kier molecular flexibility index (Phi) is 6.55. The Balaban J connectivity index is 1.76. The molecule has 5 heteroatoms. The molecule has 0 radical (unpaired) electrons. The van der Waals surface area contributed by atoms with Crippen molar-refractivity contribution in [2.45, 2.75) is 33.6 Å². The van der Waals surface area contributed by atoms with E-state index in [4.69, 9.17) is 9.72 Å². The van der Waals surface area contributed by atoms with Crippen molar-refractivity contribution in [1.82, 2.24) is 14.9 Å². The van der Waals surface area contributed by atoms with Gasteiger partial charge in [0.15, 0.2) is 0 Å². The lowest BCUT2D eigenvalue weighted by molar-refractivity contribution is -0.124. The number of hydrogen-bond acceptors (Lipinski definition) is 3. The molecule has 1 aliphatic carbocycles. The molecule has 1 aliphatic rings. The molecular formula is C23H33N3O2. The van der Waals surface area contributed by atoms with Crippen LogP contribution in [0.3, 0.4) is 0 Å². The molecule has 0 aliphatic heterocycles. The molecule has 0 fully saturated rings. The van der Waals surface area contributed by atoms with Gasteiger partial charge in [0.1, 0.15) is 12.4 Å². The number of para-hydroxylation sites is 2. The molecule has 1 aromatic heterocycles. The van der Waals surface area contributed by atoms with Crippen molar-refractivity contribution >= 4 is 16.9 Å². The summed E-state index contributed by atoms with van der Waals surface area (Å²) >= 11 is 0. The highest BCUT2D eigenvalue weighted by Crippen LogP contribution is 2.38. The number of ether oxygens (including phenoxy) is 1. The fourth-order valence-corrected chi connectivity index (χ4v) is 4.52. The molecule has 0 saturated carbocycles. The summed E-state index contributed by atoms with van der Waals surface area (Å²) in [4.78, 5) is 16.7. The standard InChI is InChI=1S/C23H33N3O2/c1-15(2)19-11-17(16(3)10-18(19)13-24-23(27)14-28-5)12-22-25-20-8-6-7-9-21(20)26(22)4/h6-10,15,17-19H,11-14H2,1-5H3,(H,24,27)/t17-,18-,19-/m0/s1. The van der Waals surface area contributed by atoms with E-state index in [1.807, 2.05) is 6.07 Å². The molecule has 3 rings (SSSR count).